The lowest BCUT2D eigenvalue weighted by Crippen LogP contribution is -2.45. The van der Waals surface area contributed by atoms with Crippen molar-refractivity contribution in [1.29, 1.82) is 0 Å². The summed E-state index contributed by atoms with van der Waals surface area (Å²) in [6, 6.07) is 5.31. The molecular weight excluding hydrogens is 274 g/mol. The van der Waals surface area contributed by atoms with E-state index in [1.165, 1.54) is 0 Å². The van der Waals surface area contributed by atoms with Crippen LogP contribution in [0.5, 0.6) is 0 Å². The number of aliphatic carboxylic acids is 1. The smallest absolute Gasteiger partial charge is 0.326 e. The summed E-state index contributed by atoms with van der Waals surface area (Å²) in [7, 11) is 0. The highest BCUT2D eigenvalue weighted by atomic mass is 16.4. The highest BCUT2D eigenvalue weighted by Crippen LogP contribution is 2.04. The van der Waals surface area contributed by atoms with E-state index >= 15 is 0 Å². The molecule has 21 heavy (non-hydrogen) atoms. The third kappa shape index (κ3) is 5.52. The monoisotopic (exact) mass is 293 g/mol. The molecule has 0 spiro atoms. The van der Waals surface area contributed by atoms with Gasteiger partial charge in [-0.2, -0.15) is 0 Å². The zero-order valence-electron chi connectivity index (χ0n) is 11.8. The Kier molecular flexibility index (Phi) is 6.19. The normalized spacial score (nSPS) is 11.5. The number of anilines is 1. The van der Waals surface area contributed by atoms with Gasteiger partial charge in [0.1, 0.15) is 6.04 Å². The summed E-state index contributed by atoms with van der Waals surface area (Å²) in [6.45, 7) is 1.54. The minimum absolute atomic E-state index is 0.281. The fourth-order valence-electron chi connectivity index (χ4n) is 1.69. The largest absolute Gasteiger partial charge is 0.480 e. The van der Waals surface area contributed by atoms with E-state index in [9.17, 15) is 14.4 Å². The van der Waals surface area contributed by atoms with Crippen LogP contribution in [0.15, 0.2) is 24.3 Å². The van der Waals surface area contributed by atoms with Crippen LogP contribution in [-0.2, 0) is 9.59 Å². The van der Waals surface area contributed by atoms with Gasteiger partial charge < -0.3 is 21.5 Å². The van der Waals surface area contributed by atoms with Gasteiger partial charge in [-0.15, -0.1) is 0 Å². The van der Waals surface area contributed by atoms with E-state index in [2.05, 4.69) is 10.6 Å². The van der Waals surface area contributed by atoms with Gasteiger partial charge in [-0.3, -0.25) is 9.59 Å². The number of nitrogens with two attached hydrogens (primary N) is 1. The van der Waals surface area contributed by atoms with Crippen molar-refractivity contribution in [2.24, 2.45) is 0 Å². The molecule has 0 radical (unpaired) electrons. The first-order valence-electron chi connectivity index (χ1n) is 6.60. The van der Waals surface area contributed by atoms with E-state index < -0.39 is 23.8 Å². The first kappa shape index (κ1) is 16.5. The molecule has 7 nitrogen and oxygen atoms in total. The van der Waals surface area contributed by atoms with Crippen LogP contribution in [0.25, 0.3) is 0 Å². The van der Waals surface area contributed by atoms with Crippen molar-refractivity contribution in [2.75, 3.05) is 12.3 Å². The molecule has 7 heteroatoms. The molecule has 1 atom stereocenters. The van der Waals surface area contributed by atoms with E-state index in [1.54, 1.807) is 24.3 Å². The first-order valence-corrected chi connectivity index (χ1v) is 6.60. The second kappa shape index (κ2) is 7.88. The van der Waals surface area contributed by atoms with Gasteiger partial charge in [-0.25, -0.2) is 4.79 Å². The lowest BCUT2D eigenvalue weighted by molar-refractivity contribution is -0.141. The molecule has 0 aliphatic rings. The number of nitrogens with one attached hydrogen (secondary N) is 2. The molecule has 0 aromatic heterocycles. The quantitative estimate of drug-likeness (QED) is 0.541. The first-order chi connectivity index (χ1) is 9.93. The molecule has 0 aliphatic carbocycles. The molecule has 2 amide bonds. The molecule has 0 aliphatic heterocycles. The number of carbonyl (C=O) groups excluding carboxylic acids is 2. The Morgan fingerprint density at radius 3 is 2.38 bits per heavy atom. The second-order valence-corrected chi connectivity index (χ2v) is 4.55. The average Bonchev–Trinajstić information content (AvgIpc) is 2.45. The maximum Gasteiger partial charge on any atom is 0.326 e. The molecule has 0 fully saturated rings. The summed E-state index contributed by atoms with van der Waals surface area (Å²) in [5, 5.41) is 13.7. The van der Waals surface area contributed by atoms with Gasteiger partial charge in [0.15, 0.2) is 0 Å². The van der Waals surface area contributed by atoms with Gasteiger partial charge >= 0.3 is 5.97 Å². The number of hydrogen-bond donors (Lipinski definition) is 4. The third-order valence-electron chi connectivity index (χ3n) is 2.79. The number of amides is 2. The summed E-state index contributed by atoms with van der Waals surface area (Å²) in [6.07, 6.45) is 0.974. The van der Waals surface area contributed by atoms with Gasteiger partial charge in [0.05, 0.1) is 6.54 Å². The number of carboxylic acid groups (broad SMARTS) is 1. The number of hydrogen-bond acceptors (Lipinski definition) is 4. The Hall–Kier alpha value is -2.57. The summed E-state index contributed by atoms with van der Waals surface area (Å²) >= 11 is 0. The molecule has 0 saturated heterocycles. The topological polar surface area (TPSA) is 122 Å². The standard InChI is InChI=1S/C14H19N3O4/c1-2-3-11(14(20)21)17-12(18)8-16-13(19)9-4-6-10(15)7-5-9/h4-7,11H,2-3,8,15H2,1H3,(H,16,19)(H,17,18)(H,20,21)/t11-/m1/s1. The van der Waals surface area contributed by atoms with Crippen LogP contribution in [0, 0.1) is 0 Å². The highest BCUT2D eigenvalue weighted by Gasteiger charge is 2.18. The zero-order chi connectivity index (χ0) is 15.8. The Balaban J connectivity index is 2.46. The molecule has 1 rings (SSSR count). The third-order valence-corrected chi connectivity index (χ3v) is 2.79. The van der Waals surface area contributed by atoms with E-state index in [4.69, 9.17) is 10.8 Å². The summed E-state index contributed by atoms with van der Waals surface area (Å²) in [4.78, 5) is 34.3. The van der Waals surface area contributed by atoms with Crippen molar-refractivity contribution in [1.82, 2.24) is 10.6 Å². The van der Waals surface area contributed by atoms with Gasteiger partial charge in [0.25, 0.3) is 5.91 Å². The number of benzene rings is 1. The predicted octanol–water partition coefficient (Wildman–Crippen LogP) is 0.368. The maximum atomic E-state index is 11.8. The van der Waals surface area contributed by atoms with Crippen molar-refractivity contribution in [3.8, 4) is 0 Å². The number of carbonyl (C=O) groups is 3. The summed E-state index contributed by atoms with van der Waals surface area (Å²) in [5.41, 5.74) is 6.42. The number of nitrogen functional groups attached to an aromatic ring is 1. The molecule has 1 aromatic carbocycles. The van der Waals surface area contributed by atoms with E-state index in [1.807, 2.05) is 6.92 Å². The van der Waals surface area contributed by atoms with Gasteiger partial charge in [-0.05, 0) is 30.7 Å². The second-order valence-electron chi connectivity index (χ2n) is 4.55. The minimum atomic E-state index is -1.09. The van der Waals surface area contributed by atoms with Crippen LogP contribution in [0.3, 0.4) is 0 Å². The van der Waals surface area contributed by atoms with E-state index in [-0.39, 0.29) is 6.54 Å². The molecule has 114 valence electrons. The number of carboxylic acids is 1. The van der Waals surface area contributed by atoms with Crippen molar-refractivity contribution < 1.29 is 19.5 Å². The summed E-state index contributed by atoms with van der Waals surface area (Å²) in [5.74, 6) is -2.05. The van der Waals surface area contributed by atoms with E-state index in [0.717, 1.165) is 0 Å². The van der Waals surface area contributed by atoms with Crippen molar-refractivity contribution >= 4 is 23.5 Å². The SMILES string of the molecule is CCC[C@@H](NC(=O)CNC(=O)c1ccc(N)cc1)C(=O)O. The Morgan fingerprint density at radius 1 is 1.24 bits per heavy atom. The van der Waals surface area contributed by atoms with Crippen molar-refractivity contribution in [3.05, 3.63) is 29.8 Å². The van der Waals surface area contributed by atoms with Crippen molar-refractivity contribution in [3.63, 3.8) is 0 Å². The lowest BCUT2D eigenvalue weighted by Gasteiger charge is -2.13. The van der Waals surface area contributed by atoms with E-state index in [0.29, 0.717) is 24.1 Å². The Labute approximate surface area is 122 Å². The Bertz CT molecular complexity index is 513. The number of rotatable bonds is 7. The Morgan fingerprint density at radius 2 is 1.86 bits per heavy atom. The minimum Gasteiger partial charge on any atom is -0.480 e. The maximum absolute atomic E-state index is 11.8. The lowest BCUT2D eigenvalue weighted by atomic mass is 10.1. The average molecular weight is 293 g/mol. The van der Waals surface area contributed by atoms with Crippen molar-refractivity contribution in [2.45, 2.75) is 25.8 Å². The van der Waals surface area contributed by atoms with Crippen LogP contribution >= 0.6 is 0 Å². The van der Waals surface area contributed by atoms with Crippen LogP contribution in [0.4, 0.5) is 5.69 Å². The van der Waals surface area contributed by atoms with Crippen LogP contribution in [0.2, 0.25) is 0 Å². The van der Waals surface area contributed by atoms with Gasteiger partial charge in [0.2, 0.25) is 5.91 Å². The van der Waals surface area contributed by atoms with Crippen LogP contribution in [0.1, 0.15) is 30.1 Å². The predicted molar refractivity (Wildman–Crippen MR) is 77.7 cm³/mol. The molecule has 0 saturated carbocycles. The van der Waals surface area contributed by atoms with Gasteiger partial charge in [0, 0.05) is 11.3 Å². The molecule has 0 heterocycles. The van der Waals surface area contributed by atoms with Gasteiger partial charge in [-0.1, -0.05) is 13.3 Å². The van der Waals surface area contributed by atoms with Crippen LogP contribution < -0.4 is 16.4 Å². The molecule has 1 aromatic rings. The fourth-order valence-corrected chi connectivity index (χ4v) is 1.69. The zero-order valence-corrected chi connectivity index (χ0v) is 11.8. The molecule has 0 bridgehead atoms. The highest BCUT2D eigenvalue weighted by molar-refractivity contribution is 5.97. The van der Waals surface area contributed by atoms with Crippen LogP contribution in [-0.4, -0.2) is 35.5 Å². The summed E-state index contributed by atoms with van der Waals surface area (Å²) < 4.78 is 0. The molecule has 0 unspecified atom stereocenters. The molecular formula is C14H19N3O4. The molecule has 5 N–H and O–H groups in total. The fraction of sp³-hybridized carbons (Fsp3) is 0.357.